The van der Waals surface area contributed by atoms with E-state index in [2.05, 4.69) is 5.32 Å². The largest absolute Gasteiger partial charge is 0.464 e. The molecule has 0 aliphatic carbocycles. The molecule has 0 unspecified atom stereocenters. The van der Waals surface area contributed by atoms with Gasteiger partial charge < -0.3 is 19.7 Å². The predicted octanol–water partition coefficient (Wildman–Crippen LogP) is 2.87. The number of carbonyl (C=O) groups excluding carboxylic acids is 3. The van der Waals surface area contributed by atoms with E-state index in [0.717, 1.165) is 5.69 Å². The van der Waals surface area contributed by atoms with Gasteiger partial charge in [0, 0.05) is 30.8 Å². The Labute approximate surface area is 164 Å². The van der Waals surface area contributed by atoms with Crippen molar-refractivity contribution in [3.8, 4) is 0 Å². The number of amides is 1. The van der Waals surface area contributed by atoms with Gasteiger partial charge in [0.15, 0.2) is 0 Å². The highest BCUT2D eigenvalue weighted by molar-refractivity contribution is 6.04. The SMILES string of the molecule is CC(=O)OCCN(CCOC(C)=O)c1cccc(NC(=O)c2ccccc2)c1. The second kappa shape index (κ2) is 10.7. The lowest BCUT2D eigenvalue weighted by molar-refractivity contribution is -0.141. The van der Waals surface area contributed by atoms with Crippen LogP contribution in [0.4, 0.5) is 11.4 Å². The van der Waals surface area contributed by atoms with Gasteiger partial charge in [-0.05, 0) is 30.3 Å². The van der Waals surface area contributed by atoms with Crippen molar-refractivity contribution in [3.05, 3.63) is 60.2 Å². The first-order valence-electron chi connectivity index (χ1n) is 8.94. The lowest BCUT2D eigenvalue weighted by Crippen LogP contribution is -2.32. The van der Waals surface area contributed by atoms with E-state index in [9.17, 15) is 14.4 Å². The van der Waals surface area contributed by atoms with Gasteiger partial charge in [0.1, 0.15) is 13.2 Å². The first-order chi connectivity index (χ1) is 13.5. The van der Waals surface area contributed by atoms with Crippen LogP contribution in [0, 0.1) is 0 Å². The molecule has 0 aliphatic rings. The van der Waals surface area contributed by atoms with E-state index in [4.69, 9.17) is 9.47 Å². The standard InChI is InChI=1S/C21H24N2O5/c1-16(24)27-13-11-23(12-14-28-17(2)25)20-10-6-9-19(15-20)22-21(26)18-7-4-3-5-8-18/h3-10,15H,11-14H2,1-2H3,(H,22,26). The Hall–Kier alpha value is -3.35. The van der Waals surface area contributed by atoms with Crippen LogP contribution in [-0.2, 0) is 19.1 Å². The topological polar surface area (TPSA) is 84.9 Å². The molecule has 28 heavy (non-hydrogen) atoms. The molecule has 1 N–H and O–H groups in total. The molecule has 0 saturated carbocycles. The Morgan fingerprint density at radius 2 is 1.46 bits per heavy atom. The summed E-state index contributed by atoms with van der Waals surface area (Å²) in [6.07, 6.45) is 0. The molecule has 0 fully saturated rings. The van der Waals surface area contributed by atoms with Crippen molar-refractivity contribution < 1.29 is 23.9 Å². The molecule has 2 rings (SSSR count). The highest BCUT2D eigenvalue weighted by Gasteiger charge is 2.11. The van der Waals surface area contributed by atoms with Gasteiger partial charge in [-0.3, -0.25) is 14.4 Å². The molecule has 0 spiro atoms. The van der Waals surface area contributed by atoms with Gasteiger partial charge in [-0.1, -0.05) is 24.3 Å². The Morgan fingerprint density at radius 1 is 0.857 bits per heavy atom. The summed E-state index contributed by atoms with van der Waals surface area (Å²) in [6.45, 7) is 3.96. The number of hydrogen-bond acceptors (Lipinski definition) is 6. The molecular formula is C21H24N2O5. The Morgan fingerprint density at radius 3 is 2.04 bits per heavy atom. The highest BCUT2D eigenvalue weighted by atomic mass is 16.5. The third-order valence-corrected chi connectivity index (χ3v) is 3.84. The summed E-state index contributed by atoms with van der Waals surface area (Å²) >= 11 is 0. The summed E-state index contributed by atoms with van der Waals surface area (Å²) in [6, 6.07) is 16.2. The average molecular weight is 384 g/mol. The third kappa shape index (κ3) is 7.11. The average Bonchev–Trinajstić information content (AvgIpc) is 2.67. The molecule has 2 aromatic rings. The maximum Gasteiger partial charge on any atom is 0.302 e. The summed E-state index contributed by atoms with van der Waals surface area (Å²) in [5, 5.41) is 2.87. The van der Waals surface area contributed by atoms with Gasteiger partial charge in [0.25, 0.3) is 5.91 Å². The summed E-state index contributed by atoms with van der Waals surface area (Å²) in [5.41, 5.74) is 2.01. The first kappa shape index (κ1) is 21.0. The zero-order chi connectivity index (χ0) is 20.4. The molecular weight excluding hydrogens is 360 g/mol. The molecule has 7 heteroatoms. The number of esters is 2. The van der Waals surface area contributed by atoms with Gasteiger partial charge in [-0.25, -0.2) is 0 Å². The van der Waals surface area contributed by atoms with Gasteiger partial charge in [-0.2, -0.15) is 0 Å². The summed E-state index contributed by atoms with van der Waals surface area (Å²) in [7, 11) is 0. The lowest BCUT2D eigenvalue weighted by Gasteiger charge is -2.25. The number of carbonyl (C=O) groups is 3. The molecule has 1 amide bonds. The van der Waals surface area contributed by atoms with Crippen molar-refractivity contribution in [1.29, 1.82) is 0 Å². The highest BCUT2D eigenvalue weighted by Crippen LogP contribution is 2.20. The van der Waals surface area contributed by atoms with Crippen molar-refractivity contribution in [2.45, 2.75) is 13.8 Å². The van der Waals surface area contributed by atoms with Crippen LogP contribution in [0.2, 0.25) is 0 Å². The number of anilines is 2. The number of nitrogens with zero attached hydrogens (tertiary/aromatic N) is 1. The Bertz CT molecular complexity index is 787. The third-order valence-electron chi connectivity index (χ3n) is 3.84. The first-order valence-corrected chi connectivity index (χ1v) is 8.94. The smallest absolute Gasteiger partial charge is 0.302 e. The maximum absolute atomic E-state index is 12.3. The molecule has 7 nitrogen and oxygen atoms in total. The van der Waals surface area contributed by atoms with Crippen LogP contribution in [0.25, 0.3) is 0 Å². The normalized spacial score (nSPS) is 10.1. The van der Waals surface area contributed by atoms with Crippen molar-refractivity contribution in [3.63, 3.8) is 0 Å². The fourth-order valence-corrected chi connectivity index (χ4v) is 2.54. The zero-order valence-corrected chi connectivity index (χ0v) is 16.0. The van der Waals surface area contributed by atoms with Crippen molar-refractivity contribution in [1.82, 2.24) is 0 Å². The van der Waals surface area contributed by atoms with Crippen LogP contribution in [-0.4, -0.2) is 44.1 Å². The second-order valence-electron chi connectivity index (χ2n) is 6.04. The van der Waals surface area contributed by atoms with Crippen molar-refractivity contribution >= 4 is 29.2 Å². The fraction of sp³-hybridized carbons (Fsp3) is 0.286. The number of nitrogens with one attached hydrogen (secondary N) is 1. The molecule has 0 heterocycles. The molecule has 0 saturated heterocycles. The van der Waals surface area contributed by atoms with E-state index in [1.807, 2.05) is 29.2 Å². The second-order valence-corrected chi connectivity index (χ2v) is 6.04. The molecule has 0 bridgehead atoms. The minimum absolute atomic E-state index is 0.204. The van der Waals surface area contributed by atoms with E-state index < -0.39 is 0 Å². The van der Waals surface area contributed by atoms with Crippen molar-refractivity contribution in [2.24, 2.45) is 0 Å². The van der Waals surface area contributed by atoms with Crippen LogP contribution in [0.1, 0.15) is 24.2 Å². The van der Waals surface area contributed by atoms with E-state index in [0.29, 0.717) is 24.3 Å². The van der Waals surface area contributed by atoms with Crippen LogP contribution in [0.5, 0.6) is 0 Å². The minimum atomic E-state index is -0.358. The fourth-order valence-electron chi connectivity index (χ4n) is 2.54. The van der Waals surface area contributed by atoms with Crippen LogP contribution < -0.4 is 10.2 Å². The van der Waals surface area contributed by atoms with E-state index >= 15 is 0 Å². The molecule has 2 aromatic carbocycles. The lowest BCUT2D eigenvalue weighted by atomic mass is 10.2. The summed E-state index contributed by atoms with van der Waals surface area (Å²) < 4.78 is 10.0. The van der Waals surface area contributed by atoms with Crippen molar-refractivity contribution in [2.75, 3.05) is 36.5 Å². The Balaban J connectivity index is 2.08. The molecule has 0 radical (unpaired) electrons. The quantitative estimate of drug-likeness (QED) is 0.669. The Kier molecular flexibility index (Phi) is 8.02. The molecule has 0 aliphatic heterocycles. The zero-order valence-electron chi connectivity index (χ0n) is 16.0. The van der Waals surface area contributed by atoms with Crippen LogP contribution in [0.15, 0.2) is 54.6 Å². The number of benzene rings is 2. The molecule has 148 valence electrons. The minimum Gasteiger partial charge on any atom is -0.464 e. The van der Waals surface area contributed by atoms with E-state index in [1.165, 1.54) is 13.8 Å². The van der Waals surface area contributed by atoms with Gasteiger partial charge >= 0.3 is 11.9 Å². The number of hydrogen-bond donors (Lipinski definition) is 1. The predicted molar refractivity (Wildman–Crippen MR) is 106 cm³/mol. The monoisotopic (exact) mass is 384 g/mol. The number of rotatable bonds is 9. The van der Waals surface area contributed by atoms with Gasteiger partial charge in [0.05, 0.1) is 13.1 Å². The van der Waals surface area contributed by atoms with Crippen LogP contribution >= 0.6 is 0 Å². The number of ether oxygens (including phenoxy) is 2. The van der Waals surface area contributed by atoms with E-state index in [-0.39, 0.29) is 31.1 Å². The van der Waals surface area contributed by atoms with E-state index in [1.54, 1.807) is 30.3 Å². The summed E-state index contributed by atoms with van der Waals surface area (Å²) in [4.78, 5) is 36.3. The molecule has 0 atom stereocenters. The summed E-state index contributed by atoms with van der Waals surface area (Å²) in [5.74, 6) is -0.920. The van der Waals surface area contributed by atoms with Crippen LogP contribution in [0.3, 0.4) is 0 Å². The molecule has 0 aromatic heterocycles. The maximum atomic E-state index is 12.3. The van der Waals surface area contributed by atoms with Gasteiger partial charge in [0.2, 0.25) is 0 Å². The van der Waals surface area contributed by atoms with Gasteiger partial charge in [-0.15, -0.1) is 0 Å².